The average molecular weight is 239 g/mol. The van der Waals surface area contributed by atoms with Crippen molar-refractivity contribution in [1.29, 1.82) is 0 Å². The fourth-order valence-electron chi connectivity index (χ4n) is 1.36. The molecule has 0 aromatic carbocycles. The van der Waals surface area contributed by atoms with Gasteiger partial charge in [-0.15, -0.1) is 0 Å². The van der Waals surface area contributed by atoms with E-state index >= 15 is 0 Å². The van der Waals surface area contributed by atoms with Gasteiger partial charge in [0.25, 0.3) is 0 Å². The second-order valence-electron chi connectivity index (χ2n) is 4.09. The average Bonchev–Trinajstić information content (AvgIpc) is 2.28. The molecule has 0 aliphatic rings. The van der Waals surface area contributed by atoms with Gasteiger partial charge in [-0.1, -0.05) is 6.92 Å². The molecule has 0 radical (unpaired) electrons. The smallest absolute Gasteiger partial charge is 0.226 e. The van der Waals surface area contributed by atoms with E-state index in [0.29, 0.717) is 18.4 Å². The number of hydrogen-bond donors (Lipinski definition) is 1. The highest BCUT2D eigenvalue weighted by Gasteiger charge is 2.08. The largest absolute Gasteiger partial charge is 0.475 e. The zero-order chi connectivity index (χ0) is 12.7. The maximum absolute atomic E-state index is 5.51. The van der Waals surface area contributed by atoms with E-state index in [1.807, 2.05) is 13.8 Å². The lowest BCUT2D eigenvalue weighted by Gasteiger charge is -2.16. The quantitative estimate of drug-likeness (QED) is 0.789. The topological polar surface area (TPSA) is 56.3 Å². The summed E-state index contributed by atoms with van der Waals surface area (Å²) in [6, 6.07) is 1.97. The van der Waals surface area contributed by atoms with Crippen LogP contribution in [0.4, 0.5) is 5.95 Å². The third-order valence-corrected chi connectivity index (χ3v) is 2.18. The second-order valence-corrected chi connectivity index (χ2v) is 4.09. The number of anilines is 1. The minimum Gasteiger partial charge on any atom is -0.475 e. The molecule has 5 heteroatoms. The van der Waals surface area contributed by atoms with E-state index in [1.165, 1.54) is 0 Å². The Labute approximate surface area is 103 Å². The molecule has 1 atom stereocenters. The Morgan fingerprint density at radius 2 is 2.18 bits per heavy atom. The summed E-state index contributed by atoms with van der Waals surface area (Å²) in [6.45, 7) is 6.66. The van der Waals surface area contributed by atoms with Gasteiger partial charge >= 0.3 is 0 Å². The Kier molecular flexibility index (Phi) is 5.69. The summed E-state index contributed by atoms with van der Waals surface area (Å²) in [7, 11) is 1.68. The van der Waals surface area contributed by atoms with Crippen molar-refractivity contribution < 1.29 is 9.47 Å². The van der Waals surface area contributed by atoms with E-state index in [2.05, 4.69) is 22.2 Å². The van der Waals surface area contributed by atoms with Crippen LogP contribution in [0.3, 0.4) is 0 Å². The zero-order valence-corrected chi connectivity index (χ0v) is 10.9. The van der Waals surface area contributed by atoms with E-state index in [0.717, 1.165) is 6.42 Å². The number of nitrogens with one attached hydrogen (secondary N) is 1. The van der Waals surface area contributed by atoms with Gasteiger partial charge in [-0.3, -0.25) is 0 Å². The van der Waals surface area contributed by atoms with Crippen LogP contribution < -0.4 is 10.1 Å². The Hall–Kier alpha value is -1.36. The highest BCUT2D eigenvalue weighted by molar-refractivity contribution is 5.28. The summed E-state index contributed by atoms with van der Waals surface area (Å²) >= 11 is 0. The summed E-state index contributed by atoms with van der Waals surface area (Å²) in [4.78, 5) is 8.44. The third-order valence-electron chi connectivity index (χ3n) is 2.18. The summed E-state index contributed by atoms with van der Waals surface area (Å²) < 4.78 is 10.6. The molecule has 1 unspecified atom stereocenters. The van der Waals surface area contributed by atoms with Gasteiger partial charge in [-0.2, -0.15) is 4.98 Å². The monoisotopic (exact) mass is 239 g/mol. The lowest BCUT2D eigenvalue weighted by atomic mass is 10.2. The minimum atomic E-state index is 0.110. The van der Waals surface area contributed by atoms with Crippen LogP contribution in [0, 0.1) is 0 Å². The van der Waals surface area contributed by atoms with Crippen molar-refractivity contribution >= 4 is 5.95 Å². The first-order valence-electron chi connectivity index (χ1n) is 5.90. The van der Waals surface area contributed by atoms with Crippen LogP contribution in [0.1, 0.15) is 27.2 Å². The molecule has 5 nitrogen and oxygen atoms in total. The summed E-state index contributed by atoms with van der Waals surface area (Å²) in [5.74, 6) is 1.16. The van der Waals surface area contributed by atoms with Crippen LogP contribution in [0.2, 0.25) is 0 Å². The fourth-order valence-corrected chi connectivity index (χ4v) is 1.36. The summed E-state index contributed by atoms with van der Waals surface area (Å²) in [6.07, 6.45) is 2.75. The predicted molar refractivity (Wildman–Crippen MR) is 67.4 cm³/mol. The van der Waals surface area contributed by atoms with Crippen molar-refractivity contribution in [3.8, 4) is 5.88 Å². The number of rotatable bonds is 7. The van der Waals surface area contributed by atoms with Crippen LogP contribution in [-0.4, -0.2) is 35.8 Å². The zero-order valence-electron chi connectivity index (χ0n) is 10.9. The van der Waals surface area contributed by atoms with E-state index < -0.39 is 0 Å². The summed E-state index contributed by atoms with van der Waals surface area (Å²) in [5.41, 5.74) is 0. The van der Waals surface area contributed by atoms with Crippen molar-refractivity contribution in [3.05, 3.63) is 12.3 Å². The maximum atomic E-state index is 5.51. The third kappa shape index (κ3) is 4.99. The molecule has 0 saturated heterocycles. The van der Waals surface area contributed by atoms with E-state index in [-0.39, 0.29) is 12.1 Å². The van der Waals surface area contributed by atoms with Crippen LogP contribution in [0.15, 0.2) is 12.3 Å². The standard InChI is InChI=1S/C12H21N3O2/c1-5-10(8-16-4)14-12-13-7-6-11(15-12)17-9(2)3/h6-7,9-10H,5,8H2,1-4H3,(H,13,14,15). The van der Waals surface area contributed by atoms with Crippen LogP contribution >= 0.6 is 0 Å². The van der Waals surface area contributed by atoms with Gasteiger partial charge in [-0.05, 0) is 20.3 Å². The molecule has 17 heavy (non-hydrogen) atoms. The molecule has 0 fully saturated rings. The fraction of sp³-hybridized carbons (Fsp3) is 0.667. The Balaban J connectivity index is 2.63. The van der Waals surface area contributed by atoms with Crippen molar-refractivity contribution in [1.82, 2.24) is 9.97 Å². The Morgan fingerprint density at radius 3 is 2.76 bits per heavy atom. The molecule has 0 aliphatic carbocycles. The van der Waals surface area contributed by atoms with Gasteiger partial charge < -0.3 is 14.8 Å². The molecule has 0 saturated carbocycles. The van der Waals surface area contributed by atoms with Crippen LogP contribution in [0.5, 0.6) is 5.88 Å². The molecule has 0 amide bonds. The van der Waals surface area contributed by atoms with Crippen molar-refractivity contribution in [3.63, 3.8) is 0 Å². The first-order chi connectivity index (χ1) is 8.15. The number of ether oxygens (including phenoxy) is 2. The van der Waals surface area contributed by atoms with Gasteiger partial charge in [0.15, 0.2) is 0 Å². The Bertz CT molecular complexity index is 331. The number of methoxy groups -OCH3 is 1. The van der Waals surface area contributed by atoms with E-state index in [9.17, 15) is 0 Å². The van der Waals surface area contributed by atoms with Crippen LogP contribution in [-0.2, 0) is 4.74 Å². The molecule has 1 heterocycles. The molecule has 1 aromatic heterocycles. The first kappa shape index (κ1) is 13.7. The molecule has 0 aliphatic heterocycles. The van der Waals surface area contributed by atoms with Gasteiger partial charge in [0, 0.05) is 19.4 Å². The van der Waals surface area contributed by atoms with E-state index in [1.54, 1.807) is 19.4 Å². The molecule has 1 aromatic rings. The molecule has 1 N–H and O–H groups in total. The van der Waals surface area contributed by atoms with Gasteiger partial charge in [-0.25, -0.2) is 4.98 Å². The lowest BCUT2D eigenvalue weighted by molar-refractivity contribution is 0.184. The highest BCUT2D eigenvalue weighted by Crippen LogP contribution is 2.11. The number of hydrogen-bond acceptors (Lipinski definition) is 5. The molecular formula is C12H21N3O2. The highest BCUT2D eigenvalue weighted by atomic mass is 16.5. The van der Waals surface area contributed by atoms with Gasteiger partial charge in [0.2, 0.25) is 11.8 Å². The summed E-state index contributed by atoms with van der Waals surface area (Å²) in [5, 5.41) is 3.22. The van der Waals surface area contributed by atoms with Gasteiger partial charge in [0.1, 0.15) is 0 Å². The van der Waals surface area contributed by atoms with Crippen molar-refractivity contribution in [2.75, 3.05) is 19.0 Å². The van der Waals surface area contributed by atoms with Crippen molar-refractivity contribution in [2.45, 2.75) is 39.3 Å². The maximum Gasteiger partial charge on any atom is 0.226 e. The molecule has 96 valence electrons. The number of nitrogens with zero attached hydrogens (tertiary/aromatic N) is 2. The molecule has 0 spiro atoms. The van der Waals surface area contributed by atoms with Crippen LogP contribution in [0.25, 0.3) is 0 Å². The first-order valence-corrected chi connectivity index (χ1v) is 5.90. The Morgan fingerprint density at radius 1 is 1.41 bits per heavy atom. The molecule has 0 bridgehead atoms. The van der Waals surface area contributed by atoms with Gasteiger partial charge in [0.05, 0.1) is 18.8 Å². The SMILES string of the molecule is CCC(COC)Nc1nccc(OC(C)C)n1. The minimum absolute atomic E-state index is 0.110. The molecular weight excluding hydrogens is 218 g/mol. The number of aromatic nitrogens is 2. The lowest BCUT2D eigenvalue weighted by Crippen LogP contribution is -2.25. The van der Waals surface area contributed by atoms with E-state index in [4.69, 9.17) is 9.47 Å². The predicted octanol–water partition coefficient (Wildman–Crippen LogP) is 2.10. The normalized spacial score (nSPS) is 12.5. The molecule has 1 rings (SSSR count). The second kappa shape index (κ2) is 7.06. The van der Waals surface area contributed by atoms with Crippen molar-refractivity contribution in [2.24, 2.45) is 0 Å².